The van der Waals surface area contributed by atoms with Crippen molar-refractivity contribution in [3.63, 3.8) is 0 Å². The Hall–Kier alpha value is -0.0800. The van der Waals surface area contributed by atoms with Crippen LogP contribution in [0.2, 0.25) is 0 Å². The monoisotopic (exact) mass is 113 g/mol. The number of rotatable bonds is 0. The number of ether oxygens (including phenoxy) is 1. The van der Waals surface area contributed by atoms with Crippen molar-refractivity contribution in [3.8, 4) is 0 Å². The molecule has 0 radical (unpaired) electrons. The third kappa shape index (κ3) is 0.644. The van der Waals surface area contributed by atoms with E-state index >= 15 is 0 Å². The largest absolute Gasteiger partial charge is 0.377 e. The summed E-state index contributed by atoms with van der Waals surface area (Å²) in [6.45, 7) is 2.06. The summed E-state index contributed by atoms with van der Waals surface area (Å²) in [6.07, 6.45) is 3.02. The lowest BCUT2D eigenvalue weighted by molar-refractivity contribution is 0.0421. The van der Waals surface area contributed by atoms with E-state index < -0.39 is 0 Å². The van der Waals surface area contributed by atoms with Crippen molar-refractivity contribution in [2.75, 3.05) is 13.2 Å². The number of hydrogen-bond donors (Lipinski definition) is 1. The van der Waals surface area contributed by atoms with Crippen LogP contribution >= 0.6 is 0 Å². The maximum Gasteiger partial charge on any atom is 0.0714 e. The Morgan fingerprint density at radius 1 is 1.50 bits per heavy atom. The highest BCUT2D eigenvalue weighted by Crippen LogP contribution is 2.18. The van der Waals surface area contributed by atoms with Crippen LogP contribution in [0.1, 0.15) is 12.8 Å². The molecule has 46 valence electrons. The summed E-state index contributed by atoms with van der Waals surface area (Å²) in [5, 5.41) is 3.39. The van der Waals surface area contributed by atoms with Crippen molar-refractivity contribution in [1.82, 2.24) is 5.32 Å². The zero-order valence-electron chi connectivity index (χ0n) is 4.89. The van der Waals surface area contributed by atoms with Gasteiger partial charge in [-0.15, -0.1) is 0 Å². The fourth-order valence-electron chi connectivity index (χ4n) is 1.51. The summed E-state index contributed by atoms with van der Waals surface area (Å²) in [5.74, 6) is 0. The standard InChI is InChI=1S/C6H11NO/c1-2-8-6-3-5(1)7-4-6/h5-7H,1-4H2/t5-,6+/m1/s1. The van der Waals surface area contributed by atoms with Gasteiger partial charge < -0.3 is 10.1 Å². The van der Waals surface area contributed by atoms with Crippen LogP contribution in [-0.2, 0) is 4.74 Å². The second kappa shape index (κ2) is 1.71. The third-order valence-corrected chi connectivity index (χ3v) is 2.00. The second-order valence-corrected chi connectivity index (χ2v) is 2.62. The molecule has 0 saturated carbocycles. The molecule has 2 aliphatic heterocycles. The number of hydrogen-bond acceptors (Lipinski definition) is 2. The van der Waals surface area contributed by atoms with E-state index in [1.54, 1.807) is 0 Å². The highest BCUT2D eigenvalue weighted by Gasteiger charge is 2.28. The minimum atomic E-state index is 0.550. The highest BCUT2D eigenvalue weighted by atomic mass is 16.5. The lowest BCUT2D eigenvalue weighted by Crippen LogP contribution is -2.23. The van der Waals surface area contributed by atoms with Crippen LogP contribution in [0.3, 0.4) is 0 Å². The molecule has 0 unspecified atom stereocenters. The Bertz CT molecular complexity index is 80.5. The normalized spacial score (nSPS) is 45.0. The topological polar surface area (TPSA) is 21.3 Å². The van der Waals surface area contributed by atoms with Gasteiger partial charge in [-0.1, -0.05) is 0 Å². The molecule has 0 aliphatic carbocycles. The Balaban J connectivity index is 2.03. The SMILES string of the molecule is C1C[C@@H]2C[C@@H](CN2)O1. The van der Waals surface area contributed by atoms with Crippen LogP contribution in [0.4, 0.5) is 0 Å². The van der Waals surface area contributed by atoms with E-state index in [0.29, 0.717) is 6.10 Å². The van der Waals surface area contributed by atoms with Crippen LogP contribution in [0.5, 0.6) is 0 Å². The molecule has 8 heavy (non-hydrogen) atoms. The first-order valence-electron chi connectivity index (χ1n) is 3.30. The number of fused-ring (bicyclic) bond motifs is 2. The minimum Gasteiger partial charge on any atom is -0.377 e. The smallest absolute Gasteiger partial charge is 0.0714 e. The predicted octanol–water partition coefficient (Wildman–Crippen LogP) is 0.137. The molecule has 2 heterocycles. The van der Waals surface area contributed by atoms with Crippen molar-refractivity contribution in [1.29, 1.82) is 0 Å². The first-order chi connectivity index (χ1) is 3.95. The van der Waals surface area contributed by atoms with E-state index in [1.807, 2.05) is 0 Å². The maximum absolute atomic E-state index is 5.41. The van der Waals surface area contributed by atoms with Gasteiger partial charge in [0, 0.05) is 19.2 Å². The van der Waals surface area contributed by atoms with Gasteiger partial charge in [0.2, 0.25) is 0 Å². The molecule has 2 saturated heterocycles. The van der Waals surface area contributed by atoms with Gasteiger partial charge in [-0.3, -0.25) is 0 Å². The molecule has 1 N–H and O–H groups in total. The van der Waals surface area contributed by atoms with E-state index in [9.17, 15) is 0 Å². The van der Waals surface area contributed by atoms with E-state index in [4.69, 9.17) is 4.74 Å². The summed E-state index contributed by atoms with van der Waals surface area (Å²) >= 11 is 0. The van der Waals surface area contributed by atoms with Crippen LogP contribution in [-0.4, -0.2) is 25.3 Å². The zero-order valence-corrected chi connectivity index (χ0v) is 4.89. The van der Waals surface area contributed by atoms with Crippen molar-refractivity contribution in [2.24, 2.45) is 0 Å². The van der Waals surface area contributed by atoms with Gasteiger partial charge in [0.05, 0.1) is 6.10 Å². The van der Waals surface area contributed by atoms with Gasteiger partial charge in [-0.2, -0.15) is 0 Å². The van der Waals surface area contributed by atoms with Crippen LogP contribution in [0.15, 0.2) is 0 Å². The van der Waals surface area contributed by atoms with E-state index in [1.165, 1.54) is 12.8 Å². The molecule has 0 amide bonds. The quantitative estimate of drug-likeness (QED) is 0.482. The summed E-state index contributed by atoms with van der Waals surface area (Å²) in [4.78, 5) is 0. The third-order valence-electron chi connectivity index (χ3n) is 2.00. The lowest BCUT2D eigenvalue weighted by atomic mass is 10.1. The average molecular weight is 113 g/mol. The molecule has 2 rings (SSSR count). The second-order valence-electron chi connectivity index (χ2n) is 2.62. The number of nitrogens with one attached hydrogen (secondary N) is 1. The van der Waals surface area contributed by atoms with E-state index in [2.05, 4.69) is 5.32 Å². The Kier molecular flexibility index (Phi) is 1.02. The van der Waals surface area contributed by atoms with Crippen molar-refractivity contribution in [3.05, 3.63) is 0 Å². The van der Waals surface area contributed by atoms with Gasteiger partial charge in [-0.25, -0.2) is 0 Å². The highest BCUT2D eigenvalue weighted by molar-refractivity contribution is 4.85. The summed E-state index contributed by atoms with van der Waals surface area (Å²) in [5.41, 5.74) is 0. The average Bonchev–Trinajstić information content (AvgIpc) is 2.12. The molecule has 2 bridgehead atoms. The summed E-state index contributed by atoms with van der Waals surface area (Å²) in [6, 6.07) is 0.786. The van der Waals surface area contributed by atoms with E-state index in [0.717, 1.165) is 19.2 Å². The molecule has 2 atom stereocenters. The Labute approximate surface area is 49.2 Å². The van der Waals surface area contributed by atoms with Crippen molar-refractivity contribution in [2.45, 2.75) is 25.0 Å². The first kappa shape index (κ1) is 4.77. The molecule has 2 nitrogen and oxygen atoms in total. The van der Waals surface area contributed by atoms with Crippen LogP contribution < -0.4 is 5.32 Å². The van der Waals surface area contributed by atoms with Gasteiger partial charge in [-0.05, 0) is 12.8 Å². The predicted molar refractivity (Wildman–Crippen MR) is 30.8 cm³/mol. The zero-order chi connectivity index (χ0) is 5.40. The summed E-state index contributed by atoms with van der Waals surface area (Å²) in [7, 11) is 0. The summed E-state index contributed by atoms with van der Waals surface area (Å²) < 4.78 is 5.41. The molecule has 2 fully saturated rings. The van der Waals surface area contributed by atoms with Gasteiger partial charge >= 0.3 is 0 Å². The molecule has 0 aromatic rings. The molecular formula is C6H11NO. The first-order valence-corrected chi connectivity index (χ1v) is 3.30. The maximum atomic E-state index is 5.41. The molecule has 0 spiro atoms. The van der Waals surface area contributed by atoms with Crippen molar-refractivity contribution >= 4 is 0 Å². The fourth-order valence-corrected chi connectivity index (χ4v) is 1.51. The molecular weight excluding hydrogens is 102 g/mol. The van der Waals surface area contributed by atoms with Crippen LogP contribution in [0.25, 0.3) is 0 Å². The Morgan fingerprint density at radius 3 is 3.25 bits per heavy atom. The Morgan fingerprint density at radius 2 is 2.50 bits per heavy atom. The molecule has 0 aromatic heterocycles. The minimum absolute atomic E-state index is 0.550. The van der Waals surface area contributed by atoms with Crippen LogP contribution in [0, 0.1) is 0 Å². The fraction of sp³-hybridized carbons (Fsp3) is 1.00. The molecule has 0 aromatic carbocycles. The van der Waals surface area contributed by atoms with Gasteiger partial charge in [0.15, 0.2) is 0 Å². The van der Waals surface area contributed by atoms with E-state index in [-0.39, 0.29) is 0 Å². The molecule has 2 heteroatoms. The molecule has 2 aliphatic rings. The van der Waals surface area contributed by atoms with Crippen molar-refractivity contribution < 1.29 is 4.74 Å². The van der Waals surface area contributed by atoms with Gasteiger partial charge in [0.1, 0.15) is 0 Å². The lowest BCUT2D eigenvalue weighted by Gasteiger charge is -2.17. The van der Waals surface area contributed by atoms with Gasteiger partial charge in [0.25, 0.3) is 0 Å².